The van der Waals surface area contributed by atoms with E-state index in [4.69, 9.17) is 4.74 Å². The standard InChI is InChI=1S/C16H22N2O4S/c1-22-14-7-5-13(6-8-14)15-4-2-10-18(15)16(19)12-17-9-3-11-23(17,20)21/h5-8,15H,2-4,9-12H2,1H3. The summed E-state index contributed by atoms with van der Waals surface area (Å²) in [6, 6.07) is 7.75. The summed E-state index contributed by atoms with van der Waals surface area (Å²) in [6.07, 6.45) is 2.46. The smallest absolute Gasteiger partial charge is 0.238 e. The van der Waals surface area contributed by atoms with E-state index < -0.39 is 10.0 Å². The van der Waals surface area contributed by atoms with Crippen molar-refractivity contribution < 1.29 is 17.9 Å². The molecule has 1 unspecified atom stereocenters. The molecule has 1 aromatic carbocycles. The van der Waals surface area contributed by atoms with Crippen LogP contribution in [0.5, 0.6) is 5.75 Å². The van der Waals surface area contributed by atoms with Crippen molar-refractivity contribution >= 4 is 15.9 Å². The minimum atomic E-state index is -3.23. The minimum Gasteiger partial charge on any atom is -0.497 e. The Kier molecular flexibility index (Phi) is 4.59. The molecule has 2 aliphatic heterocycles. The van der Waals surface area contributed by atoms with Gasteiger partial charge < -0.3 is 9.64 Å². The van der Waals surface area contributed by atoms with Crippen molar-refractivity contribution in [2.45, 2.75) is 25.3 Å². The molecule has 0 aliphatic carbocycles. The second-order valence-electron chi connectivity index (χ2n) is 6.02. The summed E-state index contributed by atoms with van der Waals surface area (Å²) in [7, 11) is -1.61. The van der Waals surface area contributed by atoms with Crippen molar-refractivity contribution in [2.75, 3.05) is 32.5 Å². The van der Waals surface area contributed by atoms with Gasteiger partial charge in [0, 0.05) is 13.1 Å². The highest BCUT2D eigenvalue weighted by Crippen LogP contribution is 2.33. The first kappa shape index (κ1) is 16.3. The number of amides is 1. The van der Waals surface area contributed by atoms with E-state index in [1.54, 1.807) is 7.11 Å². The number of nitrogens with zero attached hydrogens (tertiary/aromatic N) is 2. The van der Waals surface area contributed by atoms with Crippen LogP contribution in [0.15, 0.2) is 24.3 Å². The number of methoxy groups -OCH3 is 1. The molecule has 2 heterocycles. The Morgan fingerprint density at radius 1 is 1.22 bits per heavy atom. The van der Waals surface area contributed by atoms with E-state index >= 15 is 0 Å². The molecule has 1 amide bonds. The van der Waals surface area contributed by atoms with Gasteiger partial charge in [-0.05, 0) is 37.0 Å². The summed E-state index contributed by atoms with van der Waals surface area (Å²) >= 11 is 0. The van der Waals surface area contributed by atoms with E-state index in [-0.39, 0.29) is 24.2 Å². The molecule has 0 bridgehead atoms. The van der Waals surface area contributed by atoms with Crippen molar-refractivity contribution in [3.63, 3.8) is 0 Å². The number of hydrogen-bond acceptors (Lipinski definition) is 4. The van der Waals surface area contributed by atoms with Gasteiger partial charge in [-0.15, -0.1) is 0 Å². The Balaban J connectivity index is 1.71. The largest absolute Gasteiger partial charge is 0.497 e. The molecule has 1 aromatic rings. The molecule has 2 saturated heterocycles. The van der Waals surface area contributed by atoms with Crippen LogP contribution in [0.25, 0.3) is 0 Å². The molecule has 0 spiro atoms. The van der Waals surface area contributed by atoms with E-state index in [1.165, 1.54) is 4.31 Å². The van der Waals surface area contributed by atoms with Crippen LogP contribution in [0, 0.1) is 0 Å². The number of rotatable bonds is 4. The molecular formula is C16H22N2O4S. The Morgan fingerprint density at radius 2 is 1.96 bits per heavy atom. The summed E-state index contributed by atoms with van der Waals surface area (Å²) < 4.78 is 30.2. The molecule has 7 heteroatoms. The lowest BCUT2D eigenvalue weighted by Crippen LogP contribution is -2.40. The Bertz CT molecular complexity index is 672. The van der Waals surface area contributed by atoms with Crippen LogP contribution < -0.4 is 4.74 Å². The van der Waals surface area contributed by atoms with Gasteiger partial charge in [0.25, 0.3) is 0 Å². The molecule has 6 nitrogen and oxygen atoms in total. The van der Waals surface area contributed by atoms with Gasteiger partial charge in [-0.2, -0.15) is 4.31 Å². The number of likely N-dealkylation sites (tertiary alicyclic amines) is 1. The Labute approximate surface area is 137 Å². The van der Waals surface area contributed by atoms with Crippen molar-refractivity contribution in [1.29, 1.82) is 0 Å². The summed E-state index contributed by atoms with van der Waals surface area (Å²) in [5.74, 6) is 0.837. The highest BCUT2D eigenvalue weighted by Gasteiger charge is 2.35. The van der Waals surface area contributed by atoms with Gasteiger partial charge in [-0.25, -0.2) is 8.42 Å². The monoisotopic (exact) mass is 338 g/mol. The topological polar surface area (TPSA) is 66.9 Å². The number of ether oxygens (including phenoxy) is 1. The van der Waals surface area contributed by atoms with Crippen molar-refractivity contribution in [3.05, 3.63) is 29.8 Å². The normalized spacial score (nSPS) is 24.0. The second kappa shape index (κ2) is 6.49. The van der Waals surface area contributed by atoms with Crippen LogP contribution >= 0.6 is 0 Å². The van der Waals surface area contributed by atoms with Gasteiger partial charge in [0.1, 0.15) is 5.75 Å². The van der Waals surface area contributed by atoms with Gasteiger partial charge in [0.05, 0.1) is 25.4 Å². The first-order chi connectivity index (χ1) is 11.0. The molecule has 1 atom stereocenters. The zero-order chi connectivity index (χ0) is 16.4. The average Bonchev–Trinajstić information content (AvgIpc) is 3.14. The van der Waals surface area contributed by atoms with E-state index in [1.807, 2.05) is 29.2 Å². The van der Waals surface area contributed by atoms with Gasteiger partial charge in [-0.3, -0.25) is 4.79 Å². The molecule has 2 aliphatic rings. The summed E-state index contributed by atoms with van der Waals surface area (Å²) in [5, 5.41) is 0. The maximum atomic E-state index is 12.6. The van der Waals surface area contributed by atoms with Gasteiger partial charge in [-0.1, -0.05) is 12.1 Å². The van der Waals surface area contributed by atoms with Crippen LogP contribution in [0.3, 0.4) is 0 Å². The third-order valence-corrected chi connectivity index (χ3v) is 6.49. The van der Waals surface area contributed by atoms with E-state index in [0.717, 1.165) is 24.2 Å². The third kappa shape index (κ3) is 3.35. The number of sulfonamides is 1. The molecule has 3 rings (SSSR count). The zero-order valence-corrected chi connectivity index (χ0v) is 14.1. The zero-order valence-electron chi connectivity index (χ0n) is 13.3. The number of carbonyl (C=O) groups excluding carboxylic acids is 1. The van der Waals surface area contributed by atoms with Crippen LogP contribution in [0.4, 0.5) is 0 Å². The number of hydrogen-bond donors (Lipinski definition) is 0. The number of carbonyl (C=O) groups is 1. The summed E-state index contributed by atoms with van der Waals surface area (Å²) in [5.41, 5.74) is 1.07. The quantitative estimate of drug-likeness (QED) is 0.832. The maximum Gasteiger partial charge on any atom is 0.238 e. The van der Waals surface area contributed by atoms with Crippen molar-refractivity contribution in [1.82, 2.24) is 9.21 Å². The summed E-state index contributed by atoms with van der Waals surface area (Å²) in [4.78, 5) is 14.4. The average molecular weight is 338 g/mol. The lowest BCUT2D eigenvalue weighted by atomic mass is 10.0. The SMILES string of the molecule is COc1ccc(C2CCCN2C(=O)CN2CCCS2(=O)=O)cc1. The van der Waals surface area contributed by atoms with E-state index in [2.05, 4.69) is 0 Å². The predicted octanol–water partition coefficient (Wildman–Crippen LogP) is 1.39. The molecule has 0 saturated carbocycles. The minimum absolute atomic E-state index is 0.0266. The van der Waals surface area contributed by atoms with Crippen molar-refractivity contribution in [2.24, 2.45) is 0 Å². The molecule has 0 radical (unpaired) electrons. The molecular weight excluding hydrogens is 316 g/mol. The molecule has 126 valence electrons. The van der Waals surface area contributed by atoms with E-state index in [0.29, 0.717) is 19.5 Å². The number of benzene rings is 1. The van der Waals surface area contributed by atoms with Crippen LogP contribution in [0.2, 0.25) is 0 Å². The van der Waals surface area contributed by atoms with E-state index in [9.17, 15) is 13.2 Å². The first-order valence-electron chi connectivity index (χ1n) is 7.92. The van der Waals surface area contributed by atoms with Gasteiger partial charge >= 0.3 is 0 Å². The van der Waals surface area contributed by atoms with Crippen molar-refractivity contribution in [3.8, 4) is 5.75 Å². The predicted molar refractivity (Wildman–Crippen MR) is 86.7 cm³/mol. The Morgan fingerprint density at radius 3 is 2.57 bits per heavy atom. The van der Waals surface area contributed by atoms with Crippen LogP contribution in [-0.4, -0.2) is 56.0 Å². The van der Waals surface area contributed by atoms with Gasteiger partial charge in [0.15, 0.2) is 0 Å². The van der Waals surface area contributed by atoms with Crippen LogP contribution in [-0.2, 0) is 14.8 Å². The first-order valence-corrected chi connectivity index (χ1v) is 9.53. The highest BCUT2D eigenvalue weighted by molar-refractivity contribution is 7.89. The third-order valence-electron chi connectivity index (χ3n) is 4.59. The van der Waals surface area contributed by atoms with Crippen LogP contribution in [0.1, 0.15) is 30.9 Å². The maximum absolute atomic E-state index is 12.6. The fourth-order valence-electron chi connectivity index (χ4n) is 3.35. The Hall–Kier alpha value is -1.60. The second-order valence-corrected chi connectivity index (χ2v) is 8.11. The lowest BCUT2D eigenvalue weighted by molar-refractivity contribution is -0.132. The lowest BCUT2D eigenvalue weighted by Gasteiger charge is -2.27. The fraction of sp³-hybridized carbons (Fsp3) is 0.562. The molecule has 2 fully saturated rings. The molecule has 0 aromatic heterocycles. The fourth-order valence-corrected chi connectivity index (χ4v) is 4.81. The molecule has 0 N–H and O–H groups in total. The molecule has 23 heavy (non-hydrogen) atoms. The summed E-state index contributed by atoms with van der Waals surface area (Å²) in [6.45, 7) is 1.10. The van der Waals surface area contributed by atoms with Gasteiger partial charge in [0.2, 0.25) is 15.9 Å². The highest BCUT2D eigenvalue weighted by atomic mass is 32.2.